The molecule has 0 radical (unpaired) electrons. The normalized spacial score (nSPS) is 21.5. The number of hydrogen-bond donors (Lipinski definition) is 1. The number of aliphatic hydroxyl groups is 1. The predicted molar refractivity (Wildman–Crippen MR) is 129 cm³/mol. The summed E-state index contributed by atoms with van der Waals surface area (Å²) in [6.45, 7) is 17.2. The smallest absolute Gasteiger partial charge is 0.307 e. The first kappa shape index (κ1) is 29.1. The third-order valence-electron chi connectivity index (χ3n) is 5.86. The van der Waals surface area contributed by atoms with Gasteiger partial charge in [0.05, 0.1) is 12.3 Å². The number of aliphatic hydroxyl groups excluding tert-OH is 1. The van der Waals surface area contributed by atoms with Gasteiger partial charge in [-0.05, 0) is 36.0 Å². The van der Waals surface area contributed by atoms with Crippen LogP contribution in [0.2, 0.25) is 0 Å². The van der Waals surface area contributed by atoms with Crippen LogP contribution in [-0.2, 0) is 23.9 Å². The Morgan fingerprint density at radius 2 is 1.52 bits per heavy atom. The van der Waals surface area contributed by atoms with Crippen molar-refractivity contribution < 1.29 is 29.0 Å². The molecule has 0 saturated carbocycles. The van der Waals surface area contributed by atoms with Gasteiger partial charge in [0, 0.05) is 12.8 Å². The molecule has 1 rings (SSSR count). The third kappa shape index (κ3) is 7.51. The topological polar surface area (TPSA) is 97.7 Å². The first-order chi connectivity index (χ1) is 15.0. The molecule has 0 spiro atoms. The number of carbonyl (C=O) groups excluding carboxylic acids is 4. The minimum absolute atomic E-state index is 0.0137. The van der Waals surface area contributed by atoms with Crippen LogP contribution >= 0.6 is 0 Å². The Morgan fingerprint density at radius 3 is 1.97 bits per heavy atom. The molecule has 0 amide bonds. The highest BCUT2D eigenvalue weighted by atomic mass is 16.6. The summed E-state index contributed by atoms with van der Waals surface area (Å²) >= 11 is 0. The van der Waals surface area contributed by atoms with E-state index in [-0.39, 0.29) is 49.0 Å². The first-order valence-electron chi connectivity index (χ1n) is 12.3. The molecular formula is C27H44O6. The van der Waals surface area contributed by atoms with Crippen molar-refractivity contribution in [3.05, 3.63) is 11.3 Å². The summed E-state index contributed by atoms with van der Waals surface area (Å²) in [5, 5.41) is 11.3. The van der Waals surface area contributed by atoms with E-state index in [2.05, 4.69) is 0 Å². The Balaban J connectivity index is 3.65. The molecule has 0 saturated heterocycles. The largest absolute Gasteiger partial charge is 0.507 e. The summed E-state index contributed by atoms with van der Waals surface area (Å²) in [7, 11) is 0. The van der Waals surface area contributed by atoms with Gasteiger partial charge in [-0.15, -0.1) is 0 Å². The molecule has 2 atom stereocenters. The minimum Gasteiger partial charge on any atom is -0.507 e. The predicted octanol–water partition coefficient (Wildman–Crippen LogP) is 5.77. The van der Waals surface area contributed by atoms with Gasteiger partial charge in [-0.25, -0.2) is 0 Å². The van der Waals surface area contributed by atoms with Crippen LogP contribution < -0.4 is 0 Å². The lowest BCUT2D eigenvalue weighted by Gasteiger charge is -2.34. The molecule has 6 heteroatoms. The number of allylic oxidation sites excluding steroid dienone is 1. The highest BCUT2D eigenvalue weighted by Crippen LogP contribution is 2.46. The monoisotopic (exact) mass is 464 g/mol. The van der Waals surface area contributed by atoms with E-state index in [9.17, 15) is 24.3 Å². The molecule has 33 heavy (non-hydrogen) atoms. The number of rotatable bonds is 12. The van der Waals surface area contributed by atoms with E-state index < -0.39 is 46.0 Å². The molecule has 1 N–H and O–H groups in total. The van der Waals surface area contributed by atoms with Crippen molar-refractivity contribution in [3.8, 4) is 0 Å². The number of carbonyl (C=O) groups is 4. The van der Waals surface area contributed by atoms with Crippen LogP contribution in [0.25, 0.3) is 0 Å². The minimum atomic E-state index is -2.12. The van der Waals surface area contributed by atoms with E-state index >= 15 is 0 Å². The van der Waals surface area contributed by atoms with Gasteiger partial charge in [0.25, 0.3) is 0 Å². The second-order valence-corrected chi connectivity index (χ2v) is 11.9. The van der Waals surface area contributed by atoms with Gasteiger partial charge in [-0.1, -0.05) is 68.7 Å². The molecule has 6 nitrogen and oxygen atoms in total. The average Bonchev–Trinajstić information content (AvgIpc) is 2.82. The van der Waals surface area contributed by atoms with Crippen LogP contribution in [0.5, 0.6) is 0 Å². The summed E-state index contributed by atoms with van der Waals surface area (Å²) in [4.78, 5) is 53.0. The van der Waals surface area contributed by atoms with Crippen molar-refractivity contribution in [2.75, 3.05) is 0 Å². The fourth-order valence-corrected chi connectivity index (χ4v) is 4.16. The Labute approximate surface area is 199 Å². The Bertz CT molecular complexity index is 781. The summed E-state index contributed by atoms with van der Waals surface area (Å²) in [5.74, 6) is -3.61. The number of Topliss-reactive ketones (excluding diaryl/α,β-unsaturated/α-hetero) is 3. The SMILES string of the molecule is CC(C)CCC(=O)C1(OC(=O)CC(C)(C)C)C(O)=C(C(=O)CC(C)C)C(=O)C1CCC(C)C. The van der Waals surface area contributed by atoms with Crippen molar-refractivity contribution in [1.82, 2.24) is 0 Å². The molecule has 0 bridgehead atoms. The first-order valence-corrected chi connectivity index (χ1v) is 12.3. The van der Waals surface area contributed by atoms with Gasteiger partial charge < -0.3 is 9.84 Å². The highest BCUT2D eigenvalue weighted by molar-refractivity contribution is 6.26. The zero-order chi connectivity index (χ0) is 25.7. The van der Waals surface area contributed by atoms with Crippen LogP contribution in [0.15, 0.2) is 11.3 Å². The van der Waals surface area contributed by atoms with Gasteiger partial charge in [0.15, 0.2) is 23.1 Å². The molecule has 0 aliphatic heterocycles. The lowest BCUT2D eigenvalue weighted by molar-refractivity contribution is -0.174. The molecule has 0 fully saturated rings. The van der Waals surface area contributed by atoms with Crippen molar-refractivity contribution >= 4 is 23.3 Å². The molecule has 0 aromatic rings. The van der Waals surface area contributed by atoms with E-state index in [1.807, 2.05) is 62.3 Å². The molecule has 188 valence electrons. The van der Waals surface area contributed by atoms with E-state index in [4.69, 9.17) is 4.74 Å². The summed E-state index contributed by atoms with van der Waals surface area (Å²) in [6, 6.07) is 0. The fraction of sp³-hybridized carbons (Fsp3) is 0.778. The maximum atomic E-state index is 13.6. The second-order valence-electron chi connectivity index (χ2n) is 11.9. The van der Waals surface area contributed by atoms with Gasteiger partial charge in [0.2, 0.25) is 5.60 Å². The van der Waals surface area contributed by atoms with Crippen LogP contribution in [0.1, 0.15) is 101 Å². The number of esters is 1. The van der Waals surface area contributed by atoms with Crippen molar-refractivity contribution in [1.29, 1.82) is 0 Å². The Morgan fingerprint density at radius 1 is 0.970 bits per heavy atom. The fourth-order valence-electron chi connectivity index (χ4n) is 4.16. The molecule has 0 aromatic carbocycles. The van der Waals surface area contributed by atoms with E-state index in [1.165, 1.54) is 0 Å². The molecule has 2 unspecified atom stereocenters. The second kappa shape index (κ2) is 11.4. The quantitative estimate of drug-likeness (QED) is 0.291. The van der Waals surface area contributed by atoms with Gasteiger partial charge in [-0.3, -0.25) is 19.2 Å². The Hall–Kier alpha value is -1.98. The zero-order valence-corrected chi connectivity index (χ0v) is 22.0. The summed E-state index contributed by atoms with van der Waals surface area (Å²) < 4.78 is 5.81. The zero-order valence-electron chi connectivity index (χ0n) is 22.0. The lowest BCUT2D eigenvalue weighted by atomic mass is 9.78. The maximum Gasteiger partial charge on any atom is 0.307 e. The van der Waals surface area contributed by atoms with E-state index in [0.29, 0.717) is 12.8 Å². The summed E-state index contributed by atoms with van der Waals surface area (Å²) in [5.41, 5.74) is -2.89. The molecule has 1 aliphatic rings. The standard InChI is InChI=1S/C27H44O6/c1-16(2)10-12-19-24(31)23(20(28)14-18(5)6)25(32)27(19,21(29)13-11-17(3)4)33-22(30)15-26(7,8)9/h16-19,32H,10-15H2,1-9H3. The molecule has 1 aliphatic carbocycles. The molecule has 0 heterocycles. The van der Waals surface area contributed by atoms with E-state index in [0.717, 1.165) is 0 Å². The van der Waals surface area contributed by atoms with Crippen molar-refractivity contribution in [2.24, 2.45) is 29.1 Å². The van der Waals surface area contributed by atoms with Crippen LogP contribution in [0.4, 0.5) is 0 Å². The van der Waals surface area contributed by atoms with Crippen molar-refractivity contribution in [2.45, 2.75) is 106 Å². The van der Waals surface area contributed by atoms with Gasteiger partial charge in [0.1, 0.15) is 5.57 Å². The number of ether oxygens (including phenoxy) is 1. The third-order valence-corrected chi connectivity index (χ3v) is 5.86. The van der Waals surface area contributed by atoms with Crippen molar-refractivity contribution in [3.63, 3.8) is 0 Å². The van der Waals surface area contributed by atoms with E-state index in [1.54, 1.807) is 0 Å². The summed E-state index contributed by atoms with van der Waals surface area (Å²) in [6.07, 6.45) is 1.47. The molecular weight excluding hydrogens is 420 g/mol. The number of hydrogen-bond acceptors (Lipinski definition) is 6. The Kier molecular flexibility index (Phi) is 10.1. The van der Waals surface area contributed by atoms with Gasteiger partial charge >= 0.3 is 5.97 Å². The van der Waals surface area contributed by atoms with Crippen LogP contribution in [0, 0.1) is 29.1 Å². The molecule has 0 aromatic heterocycles. The highest BCUT2D eigenvalue weighted by Gasteiger charge is 2.62. The van der Waals surface area contributed by atoms with Crippen LogP contribution in [0.3, 0.4) is 0 Å². The lowest BCUT2D eigenvalue weighted by Crippen LogP contribution is -2.51. The average molecular weight is 465 g/mol. The number of ketones is 3. The maximum absolute atomic E-state index is 13.6. The van der Waals surface area contributed by atoms with Crippen LogP contribution in [-0.4, -0.2) is 34.0 Å². The van der Waals surface area contributed by atoms with Gasteiger partial charge in [-0.2, -0.15) is 0 Å².